The number of benzene rings is 2. The van der Waals surface area contributed by atoms with Gasteiger partial charge in [-0.05, 0) is 49.1 Å². The molecule has 6 nitrogen and oxygen atoms in total. The van der Waals surface area contributed by atoms with Crippen molar-refractivity contribution in [3.63, 3.8) is 0 Å². The second kappa shape index (κ2) is 8.14. The Kier molecular flexibility index (Phi) is 5.40. The van der Waals surface area contributed by atoms with E-state index in [4.69, 9.17) is 0 Å². The molecular weight excluding hydrogens is 376 g/mol. The Morgan fingerprint density at radius 2 is 1.83 bits per heavy atom. The van der Waals surface area contributed by atoms with Gasteiger partial charge in [-0.25, -0.2) is 4.68 Å². The van der Waals surface area contributed by atoms with Gasteiger partial charge in [0.15, 0.2) is 0 Å². The van der Waals surface area contributed by atoms with E-state index >= 15 is 0 Å². The number of nitrogens with one attached hydrogen (secondary N) is 1. The molecule has 1 heterocycles. The molecule has 30 heavy (non-hydrogen) atoms. The van der Waals surface area contributed by atoms with Crippen LogP contribution in [-0.2, 0) is 6.54 Å². The number of hydrogen-bond donors (Lipinski definition) is 1. The van der Waals surface area contributed by atoms with E-state index in [9.17, 15) is 9.59 Å². The third-order valence-corrected chi connectivity index (χ3v) is 5.55. The quantitative estimate of drug-likeness (QED) is 0.684. The number of carbonyl (C=O) groups excluding carboxylic acids is 2. The lowest BCUT2D eigenvalue weighted by Crippen LogP contribution is -2.27. The van der Waals surface area contributed by atoms with E-state index in [1.807, 2.05) is 35.0 Å². The van der Waals surface area contributed by atoms with Gasteiger partial charge in [0.2, 0.25) is 0 Å². The lowest BCUT2D eigenvalue weighted by Gasteiger charge is -2.18. The molecule has 154 valence electrons. The van der Waals surface area contributed by atoms with Gasteiger partial charge in [-0.2, -0.15) is 5.10 Å². The number of nitrogens with zero attached hydrogens (tertiary/aromatic N) is 3. The van der Waals surface area contributed by atoms with Gasteiger partial charge in [0, 0.05) is 32.1 Å². The van der Waals surface area contributed by atoms with E-state index in [2.05, 4.69) is 23.4 Å². The van der Waals surface area contributed by atoms with Crippen LogP contribution in [0, 0.1) is 6.92 Å². The maximum Gasteiger partial charge on any atom is 0.257 e. The Morgan fingerprint density at radius 3 is 2.47 bits per heavy atom. The normalized spacial score (nSPS) is 13.2. The first-order chi connectivity index (χ1) is 14.5. The molecule has 2 aromatic carbocycles. The molecule has 0 unspecified atom stereocenters. The standard InChI is InChI=1S/C24H26N4O2/c1-16-6-4-5-7-21(16)28-22(18-12-13-18)20(14-26-28)24(30)27(3)15-17-8-10-19(11-9-17)23(29)25-2/h4-11,14,18H,12-13,15H2,1-3H3,(H,25,29). The van der Waals surface area contributed by atoms with Crippen LogP contribution in [-0.4, -0.2) is 40.6 Å². The van der Waals surface area contributed by atoms with Crippen LogP contribution in [0.2, 0.25) is 0 Å². The number of aryl methyl sites for hydroxylation is 1. The smallest absolute Gasteiger partial charge is 0.257 e. The van der Waals surface area contributed by atoms with Gasteiger partial charge in [-0.15, -0.1) is 0 Å². The van der Waals surface area contributed by atoms with Crippen molar-refractivity contribution in [2.45, 2.75) is 32.2 Å². The van der Waals surface area contributed by atoms with Crippen molar-refractivity contribution < 1.29 is 9.59 Å². The second-order valence-electron chi connectivity index (χ2n) is 7.85. The summed E-state index contributed by atoms with van der Waals surface area (Å²) in [6.45, 7) is 2.52. The molecule has 0 radical (unpaired) electrons. The van der Waals surface area contributed by atoms with Crippen molar-refractivity contribution in [1.29, 1.82) is 0 Å². The fourth-order valence-electron chi connectivity index (χ4n) is 3.72. The zero-order valence-electron chi connectivity index (χ0n) is 17.6. The molecule has 6 heteroatoms. The summed E-state index contributed by atoms with van der Waals surface area (Å²) in [5.41, 5.74) is 5.40. The molecule has 2 amide bonds. The summed E-state index contributed by atoms with van der Waals surface area (Å²) < 4.78 is 1.94. The molecular formula is C24H26N4O2. The van der Waals surface area contributed by atoms with Crippen LogP contribution in [0.3, 0.4) is 0 Å². The Labute approximate surface area is 176 Å². The maximum absolute atomic E-state index is 13.3. The summed E-state index contributed by atoms with van der Waals surface area (Å²) >= 11 is 0. The van der Waals surface area contributed by atoms with Gasteiger partial charge in [-0.1, -0.05) is 30.3 Å². The highest BCUT2D eigenvalue weighted by Crippen LogP contribution is 2.43. The predicted octanol–water partition coefficient (Wildman–Crippen LogP) is 3.69. The van der Waals surface area contributed by atoms with Gasteiger partial charge < -0.3 is 10.2 Å². The third kappa shape index (κ3) is 3.85. The van der Waals surface area contributed by atoms with E-state index in [1.54, 1.807) is 37.3 Å². The fourth-order valence-corrected chi connectivity index (χ4v) is 3.72. The van der Waals surface area contributed by atoms with E-state index in [0.717, 1.165) is 35.3 Å². The number of hydrogen-bond acceptors (Lipinski definition) is 3. The molecule has 0 bridgehead atoms. The largest absolute Gasteiger partial charge is 0.355 e. The summed E-state index contributed by atoms with van der Waals surface area (Å²) in [5.74, 6) is 0.224. The van der Waals surface area contributed by atoms with E-state index in [-0.39, 0.29) is 11.8 Å². The average molecular weight is 402 g/mol. The minimum atomic E-state index is -0.122. The molecule has 4 rings (SSSR count). The molecule has 1 aliphatic rings. The zero-order chi connectivity index (χ0) is 21.3. The minimum absolute atomic E-state index is 0.0351. The van der Waals surface area contributed by atoms with Gasteiger partial charge >= 0.3 is 0 Å². The Bertz CT molecular complexity index is 1080. The van der Waals surface area contributed by atoms with Crippen LogP contribution < -0.4 is 5.32 Å². The van der Waals surface area contributed by atoms with Crippen molar-refractivity contribution in [1.82, 2.24) is 20.0 Å². The molecule has 0 saturated heterocycles. The van der Waals surface area contributed by atoms with Crippen molar-refractivity contribution in [2.75, 3.05) is 14.1 Å². The van der Waals surface area contributed by atoms with Gasteiger partial charge in [0.25, 0.3) is 11.8 Å². The van der Waals surface area contributed by atoms with Crippen molar-refractivity contribution in [2.24, 2.45) is 0 Å². The molecule has 3 aromatic rings. The van der Waals surface area contributed by atoms with Crippen LogP contribution >= 0.6 is 0 Å². The summed E-state index contributed by atoms with van der Waals surface area (Å²) in [4.78, 5) is 26.7. The predicted molar refractivity (Wildman–Crippen MR) is 116 cm³/mol. The number of rotatable bonds is 6. The highest BCUT2D eigenvalue weighted by atomic mass is 16.2. The highest BCUT2D eigenvalue weighted by molar-refractivity contribution is 5.95. The first-order valence-corrected chi connectivity index (χ1v) is 10.2. The zero-order valence-corrected chi connectivity index (χ0v) is 17.6. The van der Waals surface area contributed by atoms with Crippen LogP contribution in [0.15, 0.2) is 54.7 Å². The monoisotopic (exact) mass is 402 g/mol. The number of carbonyl (C=O) groups is 2. The van der Waals surface area contributed by atoms with E-state index in [0.29, 0.717) is 23.6 Å². The maximum atomic E-state index is 13.3. The van der Waals surface area contributed by atoms with Crippen LogP contribution in [0.5, 0.6) is 0 Å². The first kappa shape index (κ1) is 19.9. The summed E-state index contributed by atoms with van der Waals surface area (Å²) in [6.07, 6.45) is 3.87. The minimum Gasteiger partial charge on any atom is -0.355 e. The Morgan fingerprint density at radius 1 is 1.13 bits per heavy atom. The molecule has 0 atom stereocenters. The summed E-state index contributed by atoms with van der Waals surface area (Å²) in [6, 6.07) is 15.4. The number of amides is 2. The molecule has 1 aliphatic carbocycles. The van der Waals surface area contributed by atoms with Crippen LogP contribution in [0.4, 0.5) is 0 Å². The lowest BCUT2D eigenvalue weighted by atomic mass is 10.1. The van der Waals surface area contributed by atoms with E-state index in [1.165, 1.54) is 0 Å². The van der Waals surface area contributed by atoms with Gasteiger partial charge in [0.1, 0.15) is 0 Å². The number of aromatic nitrogens is 2. The second-order valence-corrected chi connectivity index (χ2v) is 7.85. The molecule has 1 N–H and O–H groups in total. The highest BCUT2D eigenvalue weighted by Gasteiger charge is 2.34. The van der Waals surface area contributed by atoms with Crippen LogP contribution in [0.25, 0.3) is 5.69 Å². The van der Waals surface area contributed by atoms with Crippen molar-refractivity contribution >= 4 is 11.8 Å². The Hall–Kier alpha value is -3.41. The molecule has 1 saturated carbocycles. The molecule has 0 aliphatic heterocycles. The topological polar surface area (TPSA) is 67.2 Å². The number of para-hydroxylation sites is 1. The van der Waals surface area contributed by atoms with Crippen LogP contribution in [0.1, 0.15) is 56.3 Å². The molecule has 1 fully saturated rings. The lowest BCUT2D eigenvalue weighted by molar-refractivity contribution is 0.0783. The summed E-state index contributed by atoms with van der Waals surface area (Å²) in [5, 5.41) is 7.20. The van der Waals surface area contributed by atoms with E-state index < -0.39 is 0 Å². The fraction of sp³-hybridized carbons (Fsp3) is 0.292. The summed E-state index contributed by atoms with van der Waals surface area (Å²) in [7, 11) is 3.41. The third-order valence-electron chi connectivity index (χ3n) is 5.55. The SMILES string of the molecule is CNC(=O)c1ccc(CN(C)C(=O)c2cnn(-c3ccccc3C)c2C2CC2)cc1. The van der Waals surface area contributed by atoms with Gasteiger partial charge in [0.05, 0.1) is 23.1 Å². The Balaban J connectivity index is 1.57. The molecule has 0 spiro atoms. The molecule has 1 aromatic heterocycles. The van der Waals surface area contributed by atoms with Gasteiger partial charge in [-0.3, -0.25) is 9.59 Å². The average Bonchev–Trinajstić information content (AvgIpc) is 3.51. The van der Waals surface area contributed by atoms with Crippen molar-refractivity contribution in [3.8, 4) is 5.69 Å². The first-order valence-electron chi connectivity index (χ1n) is 10.2. The van der Waals surface area contributed by atoms with Crippen molar-refractivity contribution in [3.05, 3.63) is 82.7 Å².